The second-order valence-electron chi connectivity index (χ2n) is 6.10. The molecule has 0 aliphatic rings. The van der Waals surface area contributed by atoms with E-state index in [9.17, 15) is 9.59 Å². The van der Waals surface area contributed by atoms with E-state index in [2.05, 4.69) is 5.48 Å². The van der Waals surface area contributed by atoms with Gasteiger partial charge < -0.3 is 9.47 Å². The molecule has 0 saturated heterocycles. The summed E-state index contributed by atoms with van der Waals surface area (Å²) in [6.45, 7) is 7.21. The second-order valence-corrected chi connectivity index (χ2v) is 6.10. The number of nitrogens with one attached hydrogen (secondary N) is 1. The van der Waals surface area contributed by atoms with Crippen molar-refractivity contribution in [3.05, 3.63) is 59.2 Å². The van der Waals surface area contributed by atoms with E-state index < -0.39 is 5.91 Å². The molecule has 0 bridgehead atoms. The minimum Gasteiger partial charge on any atom is -0.490 e. The van der Waals surface area contributed by atoms with Crippen LogP contribution in [0.25, 0.3) is 0 Å². The first-order valence-electron chi connectivity index (χ1n) is 9.57. The van der Waals surface area contributed by atoms with E-state index in [4.69, 9.17) is 14.3 Å². The molecule has 28 heavy (non-hydrogen) atoms. The van der Waals surface area contributed by atoms with Gasteiger partial charge in [-0.15, -0.1) is 0 Å². The number of hydroxylamine groups is 1. The van der Waals surface area contributed by atoms with E-state index in [1.807, 2.05) is 13.8 Å². The molecule has 0 unspecified atom stereocenters. The van der Waals surface area contributed by atoms with Crippen molar-refractivity contribution in [2.45, 2.75) is 33.6 Å². The van der Waals surface area contributed by atoms with Gasteiger partial charge in [-0.25, -0.2) is 5.48 Å². The molecule has 0 aromatic heterocycles. The van der Waals surface area contributed by atoms with Gasteiger partial charge in [0.05, 0.1) is 25.4 Å². The van der Waals surface area contributed by atoms with Crippen molar-refractivity contribution in [2.75, 3.05) is 19.8 Å². The minimum absolute atomic E-state index is 0.253. The predicted molar refractivity (Wildman–Crippen MR) is 107 cm³/mol. The van der Waals surface area contributed by atoms with Crippen LogP contribution < -0.4 is 15.0 Å². The van der Waals surface area contributed by atoms with Crippen LogP contribution in [0.1, 0.15) is 59.9 Å². The Bertz CT molecular complexity index is 803. The smallest absolute Gasteiger partial charge is 0.275 e. The summed E-state index contributed by atoms with van der Waals surface area (Å²) >= 11 is 0. The highest BCUT2D eigenvalue weighted by molar-refractivity contribution is 6.15. The van der Waals surface area contributed by atoms with Crippen molar-refractivity contribution in [2.24, 2.45) is 0 Å². The molecule has 0 radical (unpaired) electrons. The van der Waals surface area contributed by atoms with Crippen LogP contribution in [0.4, 0.5) is 0 Å². The molecular weight excluding hydrogens is 358 g/mol. The van der Waals surface area contributed by atoms with Crippen molar-refractivity contribution >= 4 is 11.7 Å². The Morgan fingerprint density at radius 2 is 1.50 bits per heavy atom. The van der Waals surface area contributed by atoms with Crippen molar-refractivity contribution in [1.29, 1.82) is 0 Å². The van der Waals surface area contributed by atoms with Gasteiger partial charge in [0, 0.05) is 11.1 Å². The highest BCUT2D eigenvalue weighted by Crippen LogP contribution is 2.30. The topological polar surface area (TPSA) is 73.9 Å². The summed E-state index contributed by atoms with van der Waals surface area (Å²) in [5.41, 5.74) is 3.30. The summed E-state index contributed by atoms with van der Waals surface area (Å²) in [5, 5.41) is 0. The summed E-state index contributed by atoms with van der Waals surface area (Å²) in [6, 6.07) is 11.7. The van der Waals surface area contributed by atoms with Crippen LogP contribution >= 0.6 is 0 Å². The maximum atomic E-state index is 13.1. The number of hydrogen-bond donors (Lipinski definition) is 1. The number of hydrogen-bond acceptors (Lipinski definition) is 5. The van der Waals surface area contributed by atoms with E-state index in [0.717, 1.165) is 12.8 Å². The Balaban J connectivity index is 2.34. The Morgan fingerprint density at radius 3 is 2.14 bits per heavy atom. The summed E-state index contributed by atoms with van der Waals surface area (Å²) in [4.78, 5) is 30.3. The fraction of sp³-hybridized carbons (Fsp3) is 0.364. The van der Waals surface area contributed by atoms with Gasteiger partial charge in [-0.2, -0.15) is 0 Å². The average Bonchev–Trinajstić information content (AvgIpc) is 2.74. The first-order chi connectivity index (χ1) is 13.6. The minimum atomic E-state index is -0.462. The molecule has 0 heterocycles. The molecule has 2 aromatic carbocycles. The van der Waals surface area contributed by atoms with Crippen LogP contribution in [0.5, 0.6) is 11.5 Å². The van der Waals surface area contributed by atoms with Crippen LogP contribution in [-0.4, -0.2) is 31.5 Å². The third-order valence-corrected chi connectivity index (χ3v) is 3.85. The molecular formula is C22H27NO5. The summed E-state index contributed by atoms with van der Waals surface area (Å²) in [5.74, 6) is 0.397. The summed E-state index contributed by atoms with van der Waals surface area (Å²) in [7, 11) is 0. The lowest BCUT2D eigenvalue weighted by Gasteiger charge is -2.14. The first-order valence-corrected chi connectivity index (χ1v) is 9.57. The normalized spacial score (nSPS) is 10.4. The van der Waals surface area contributed by atoms with Gasteiger partial charge in [-0.05, 0) is 44.0 Å². The van der Waals surface area contributed by atoms with E-state index in [-0.39, 0.29) is 11.3 Å². The third-order valence-electron chi connectivity index (χ3n) is 3.85. The Kier molecular flexibility index (Phi) is 8.49. The van der Waals surface area contributed by atoms with E-state index in [1.165, 1.54) is 0 Å². The van der Waals surface area contributed by atoms with Gasteiger partial charge in [0.15, 0.2) is 17.3 Å². The molecule has 6 nitrogen and oxygen atoms in total. The molecule has 1 N–H and O–H groups in total. The zero-order valence-corrected chi connectivity index (χ0v) is 16.6. The van der Waals surface area contributed by atoms with E-state index in [1.54, 1.807) is 49.4 Å². The molecule has 6 heteroatoms. The molecule has 0 atom stereocenters. The molecule has 2 aromatic rings. The maximum Gasteiger partial charge on any atom is 0.275 e. The summed E-state index contributed by atoms with van der Waals surface area (Å²) in [6.07, 6.45) is 1.71. The molecule has 0 fully saturated rings. The second kappa shape index (κ2) is 11.1. The molecule has 0 saturated carbocycles. The van der Waals surface area contributed by atoms with Crippen molar-refractivity contribution < 1.29 is 23.9 Å². The number of ether oxygens (including phenoxy) is 2. The number of rotatable bonds is 11. The third kappa shape index (κ3) is 5.57. The highest BCUT2D eigenvalue weighted by atomic mass is 16.6. The van der Waals surface area contributed by atoms with Crippen molar-refractivity contribution in [3.63, 3.8) is 0 Å². The number of ketones is 1. The predicted octanol–water partition coefficient (Wildman–Crippen LogP) is 4.18. The van der Waals surface area contributed by atoms with Crippen molar-refractivity contribution in [3.8, 4) is 11.5 Å². The van der Waals surface area contributed by atoms with Gasteiger partial charge in [0.25, 0.3) is 5.91 Å². The fourth-order valence-electron chi connectivity index (χ4n) is 2.53. The maximum absolute atomic E-state index is 13.1. The standard InChI is InChI=1S/C22H27NO5/c1-4-13-26-19-12-11-16(15-20(19)27-14-5-2)21(24)17-9-7-8-10-18(17)22(25)23-28-6-3/h7-12,15H,4-6,13-14H2,1-3H3,(H,23,25). The van der Waals surface area contributed by atoms with E-state index >= 15 is 0 Å². The number of carbonyl (C=O) groups is 2. The van der Waals surface area contributed by atoms with Gasteiger partial charge in [0.1, 0.15) is 0 Å². The molecule has 1 amide bonds. The number of benzene rings is 2. The average molecular weight is 385 g/mol. The number of amides is 1. The van der Waals surface area contributed by atoms with Crippen LogP contribution in [0.15, 0.2) is 42.5 Å². The van der Waals surface area contributed by atoms with Crippen LogP contribution in [0.3, 0.4) is 0 Å². The van der Waals surface area contributed by atoms with Crippen LogP contribution in [0, 0.1) is 0 Å². The SMILES string of the molecule is CCCOc1ccc(C(=O)c2ccccc2C(=O)NOCC)cc1OCCC. The first kappa shape index (κ1) is 21.4. The monoisotopic (exact) mass is 385 g/mol. The molecule has 2 rings (SSSR count). The van der Waals surface area contributed by atoms with Gasteiger partial charge in [-0.1, -0.05) is 32.0 Å². The zero-order chi connectivity index (χ0) is 20.4. The molecule has 150 valence electrons. The summed E-state index contributed by atoms with van der Waals surface area (Å²) < 4.78 is 11.5. The Morgan fingerprint density at radius 1 is 0.857 bits per heavy atom. The Labute approximate surface area is 165 Å². The fourth-order valence-corrected chi connectivity index (χ4v) is 2.53. The zero-order valence-electron chi connectivity index (χ0n) is 16.6. The Hall–Kier alpha value is -2.86. The van der Waals surface area contributed by atoms with Gasteiger partial charge in [-0.3, -0.25) is 14.4 Å². The highest BCUT2D eigenvalue weighted by Gasteiger charge is 2.19. The van der Waals surface area contributed by atoms with E-state index in [0.29, 0.717) is 42.4 Å². The lowest BCUT2D eigenvalue weighted by Crippen LogP contribution is -2.25. The lowest BCUT2D eigenvalue weighted by molar-refractivity contribution is 0.0363. The molecule has 0 aliphatic heterocycles. The quantitative estimate of drug-likeness (QED) is 0.464. The van der Waals surface area contributed by atoms with Gasteiger partial charge in [0.2, 0.25) is 0 Å². The van der Waals surface area contributed by atoms with Crippen LogP contribution in [-0.2, 0) is 4.84 Å². The van der Waals surface area contributed by atoms with Crippen LogP contribution in [0.2, 0.25) is 0 Å². The number of carbonyl (C=O) groups excluding carboxylic acids is 2. The van der Waals surface area contributed by atoms with Crippen molar-refractivity contribution in [1.82, 2.24) is 5.48 Å². The largest absolute Gasteiger partial charge is 0.490 e. The molecule has 0 aliphatic carbocycles. The van der Waals surface area contributed by atoms with Gasteiger partial charge >= 0.3 is 0 Å². The lowest BCUT2D eigenvalue weighted by atomic mass is 9.97. The molecule has 0 spiro atoms.